The van der Waals surface area contributed by atoms with Gasteiger partial charge in [0.2, 0.25) is 0 Å². The van der Waals surface area contributed by atoms with Crippen LogP contribution in [0.5, 0.6) is 0 Å². The topological polar surface area (TPSA) is 64.6 Å². The molecule has 0 bridgehead atoms. The molecular formula is C18H45O7PS3Si3. The molecule has 0 aliphatic carbocycles. The third-order valence-electron chi connectivity index (χ3n) is 5.66. The van der Waals surface area contributed by atoms with E-state index in [1.165, 1.54) is 0 Å². The van der Waals surface area contributed by atoms with Crippen LogP contribution in [0, 0.1) is 0 Å². The summed E-state index contributed by atoms with van der Waals surface area (Å²) in [5, 5.41) is 0. The average molecular weight is 585 g/mol. The van der Waals surface area contributed by atoms with Crippen molar-refractivity contribution in [2.75, 3.05) is 60.8 Å². The van der Waals surface area contributed by atoms with Gasteiger partial charge in [-0.15, -0.1) is 0 Å². The molecule has 0 aromatic rings. The Morgan fingerprint density at radius 1 is 0.594 bits per heavy atom. The molecule has 0 saturated carbocycles. The molecule has 0 atom stereocenters. The summed E-state index contributed by atoms with van der Waals surface area (Å²) in [5.74, 6) is 1.90. The molecule has 0 amide bonds. The minimum Gasteiger partial charge on any atom is -0.398 e. The largest absolute Gasteiger partial charge is 0.398 e. The molecule has 32 heavy (non-hydrogen) atoms. The van der Waals surface area contributed by atoms with Crippen LogP contribution in [-0.4, -0.2) is 86.5 Å². The summed E-state index contributed by atoms with van der Waals surface area (Å²) in [4.78, 5) is 0. The fourth-order valence-corrected chi connectivity index (χ4v) is 15.7. The SMILES string of the molecule is CO[Si](C)(CCCOP(=S)(SCCC[Si](C)(OC)OC)SCCC[Si](C)(OC)OC)OC. The second-order valence-corrected chi connectivity index (χ2v) is 29.4. The molecule has 0 unspecified atom stereocenters. The predicted octanol–water partition coefficient (Wildman–Crippen LogP) is 5.96. The van der Waals surface area contributed by atoms with Gasteiger partial charge in [0.15, 0.2) is 4.67 Å². The second-order valence-electron chi connectivity index (χ2n) is 7.88. The molecule has 0 heterocycles. The molecule has 7 nitrogen and oxygen atoms in total. The zero-order valence-electron chi connectivity index (χ0n) is 21.4. The molecule has 14 heteroatoms. The van der Waals surface area contributed by atoms with Crippen LogP contribution in [0.4, 0.5) is 0 Å². The van der Waals surface area contributed by atoms with Crippen molar-refractivity contribution in [2.45, 2.75) is 57.0 Å². The van der Waals surface area contributed by atoms with Gasteiger partial charge in [-0.05, 0) is 68.8 Å². The minimum absolute atomic E-state index is 0.637. The van der Waals surface area contributed by atoms with Gasteiger partial charge in [0.1, 0.15) is 0 Å². The summed E-state index contributed by atoms with van der Waals surface area (Å²) in [5.41, 5.74) is 0. The van der Waals surface area contributed by atoms with Crippen molar-refractivity contribution in [1.82, 2.24) is 0 Å². The monoisotopic (exact) mass is 584 g/mol. The van der Waals surface area contributed by atoms with E-state index in [0.717, 1.165) is 48.9 Å². The Balaban J connectivity index is 4.76. The smallest absolute Gasteiger partial charge is 0.334 e. The fraction of sp³-hybridized carbons (Fsp3) is 1.00. The van der Waals surface area contributed by atoms with Gasteiger partial charge in [-0.2, -0.15) is 0 Å². The highest BCUT2D eigenvalue weighted by molar-refractivity contribution is 8.99. The average Bonchev–Trinajstić information content (AvgIpc) is 2.82. The summed E-state index contributed by atoms with van der Waals surface area (Å²) in [7, 11) is 4.23. The van der Waals surface area contributed by atoms with Gasteiger partial charge in [-0.3, -0.25) is 0 Å². The normalized spacial score (nSPS) is 13.7. The summed E-state index contributed by atoms with van der Waals surface area (Å²) in [6, 6.07) is 2.79. The third-order valence-corrected chi connectivity index (χ3v) is 24.4. The van der Waals surface area contributed by atoms with E-state index in [0.29, 0.717) is 6.61 Å². The van der Waals surface area contributed by atoms with Crippen LogP contribution in [-0.2, 0) is 42.9 Å². The van der Waals surface area contributed by atoms with Crippen LogP contribution in [0.2, 0.25) is 37.8 Å². The van der Waals surface area contributed by atoms with Gasteiger partial charge in [0.05, 0.1) is 6.61 Å². The van der Waals surface area contributed by atoms with Crippen molar-refractivity contribution in [3.05, 3.63) is 0 Å². The van der Waals surface area contributed by atoms with E-state index in [1.807, 2.05) is 0 Å². The fourth-order valence-electron chi connectivity index (χ4n) is 2.68. The van der Waals surface area contributed by atoms with Crippen molar-refractivity contribution >= 4 is 64.9 Å². The Morgan fingerprint density at radius 3 is 1.22 bits per heavy atom. The highest BCUT2D eigenvalue weighted by atomic mass is 33.2. The van der Waals surface area contributed by atoms with Crippen LogP contribution in [0.3, 0.4) is 0 Å². The summed E-state index contributed by atoms with van der Waals surface area (Å²) >= 11 is 9.65. The summed E-state index contributed by atoms with van der Waals surface area (Å²) in [6.07, 6.45) is 2.91. The lowest BCUT2D eigenvalue weighted by molar-refractivity contribution is 0.244. The minimum atomic E-state index is -2.08. The lowest BCUT2D eigenvalue weighted by atomic mass is 10.5. The molecule has 194 valence electrons. The van der Waals surface area contributed by atoms with Crippen molar-refractivity contribution in [2.24, 2.45) is 0 Å². The predicted molar refractivity (Wildman–Crippen MR) is 150 cm³/mol. The molecular weight excluding hydrogens is 540 g/mol. The van der Waals surface area contributed by atoms with E-state index in [1.54, 1.807) is 65.4 Å². The summed E-state index contributed by atoms with van der Waals surface area (Å²) < 4.78 is 37.8. The standard InChI is InChI=1S/C18H45O7PS3Si3/c1-19-30(7,20-2)16-10-13-25-26(27,28-14-11-17-31(8,21-3)22-4)29-15-12-18-32(9,23-5)24-6/h10-18H2,1-9H3. The first kappa shape index (κ1) is 33.7. The first-order valence-corrected chi connectivity index (χ1v) is 24.3. The molecule has 0 spiro atoms. The molecule has 0 fully saturated rings. The van der Waals surface area contributed by atoms with Crippen LogP contribution >= 0.6 is 27.4 Å². The van der Waals surface area contributed by atoms with Gasteiger partial charge in [0.25, 0.3) is 0 Å². The Bertz CT molecular complexity index is 469. The van der Waals surface area contributed by atoms with E-state index in [-0.39, 0.29) is 0 Å². The maximum absolute atomic E-state index is 6.34. The Morgan fingerprint density at radius 2 is 0.906 bits per heavy atom. The Kier molecular flexibility index (Phi) is 18.2. The van der Waals surface area contributed by atoms with Crippen LogP contribution in [0.15, 0.2) is 0 Å². The van der Waals surface area contributed by atoms with Gasteiger partial charge in [-0.1, -0.05) is 22.8 Å². The molecule has 0 aliphatic heterocycles. The molecule has 0 aromatic heterocycles. The highest BCUT2D eigenvalue weighted by Crippen LogP contribution is 2.70. The molecule has 0 aromatic carbocycles. The van der Waals surface area contributed by atoms with Crippen LogP contribution in [0.1, 0.15) is 19.3 Å². The van der Waals surface area contributed by atoms with E-state index in [4.69, 9.17) is 42.9 Å². The van der Waals surface area contributed by atoms with Crippen molar-refractivity contribution < 1.29 is 31.1 Å². The molecule has 0 aliphatic rings. The Hall–Kier alpha value is 1.72. The van der Waals surface area contributed by atoms with Crippen molar-refractivity contribution in [1.29, 1.82) is 0 Å². The van der Waals surface area contributed by atoms with E-state index in [9.17, 15) is 0 Å². The zero-order chi connectivity index (χ0) is 24.7. The zero-order valence-corrected chi connectivity index (χ0v) is 27.7. The lowest BCUT2D eigenvalue weighted by Crippen LogP contribution is -2.36. The summed E-state index contributed by atoms with van der Waals surface area (Å²) in [6.45, 7) is 6.90. The van der Waals surface area contributed by atoms with Gasteiger partial charge in [0, 0.05) is 54.2 Å². The third kappa shape index (κ3) is 13.7. The van der Waals surface area contributed by atoms with Gasteiger partial charge in [-0.25, -0.2) is 0 Å². The van der Waals surface area contributed by atoms with Gasteiger partial charge >= 0.3 is 25.7 Å². The van der Waals surface area contributed by atoms with E-state index < -0.39 is 30.4 Å². The molecule has 0 N–H and O–H groups in total. The molecule has 0 rings (SSSR count). The Labute approximate surface area is 213 Å². The van der Waals surface area contributed by atoms with Gasteiger partial charge < -0.3 is 31.1 Å². The number of rotatable bonds is 21. The lowest BCUT2D eigenvalue weighted by Gasteiger charge is -2.26. The number of hydrogen-bond donors (Lipinski definition) is 0. The van der Waals surface area contributed by atoms with Crippen molar-refractivity contribution in [3.8, 4) is 0 Å². The number of hydrogen-bond acceptors (Lipinski definition) is 10. The quantitative estimate of drug-likeness (QED) is 0.0917. The maximum Gasteiger partial charge on any atom is 0.334 e. The highest BCUT2D eigenvalue weighted by Gasteiger charge is 2.31. The van der Waals surface area contributed by atoms with E-state index in [2.05, 4.69) is 19.6 Å². The molecule has 0 saturated heterocycles. The maximum atomic E-state index is 6.34. The first-order chi connectivity index (χ1) is 15.0. The first-order valence-electron chi connectivity index (χ1n) is 10.8. The van der Waals surface area contributed by atoms with Crippen LogP contribution in [0.25, 0.3) is 0 Å². The van der Waals surface area contributed by atoms with Crippen LogP contribution < -0.4 is 0 Å². The van der Waals surface area contributed by atoms with E-state index >= 15 is 0 Å². The van der Waals surface area contributed by atoms with Crippen molar-refractivity contribution in [3.63, 3.8) is 0 Å². The molecule has 0 radical (unpaired) electrons. The second kappa shape index (κ2) is 17.2.